The second-order valence-corrected chi connectivity index (χ2v) is 4.66. The molecule has 2 rings (SSSR count). The van der Waals surface area contributed by atoms with Gasteiger partial charge in [0, 0.05) is 24.8 Å². The predicted octanol–water partition coefficient (Wildman–Crippen LogP) is 1.14. The molecule has 4 heteroatoms. The van der Waals surface area contributed by atoms with Gasteiger partial charge in [-0.25, -0.2) is 0 Å². The van der Waals surface area contributed by atoms with Gasteiger partial charge in [-0.2, -0.15) is 0 Å². The van der Waals surface area contributed by atoms with Gasteiger partial charge in [0.1, 0.15) is 0 Å². The van der Waals surface area contributed by atoms with Crippen molar-refractivity contribution in [2.45, 2.75) is 25.8 Å². The molecule has 18 heavy (non-hydrogen) atoms. The summed E-state index contributed by atoms with van der Waals surface area (Å²) >= 11 is 0. The Morgan fingerprint density at radius 3 is 2.78 bits per heavy atom. The lowest BCUT2D eigenvalue weighted by atomic mass is 10.1. The lowest BCUT2D eigenvalue weighted by Gasteiger charge is -2.13. The number of benzene rings is 1. The van der Waals surface area contributed by atoms with Gasteiger partial charge in [-0.3, -0.25) is 4.79 Å². The monoisotopic (exact) mass is 247 g/mol. The summed E-state index contributed by atoms with van der Waals surface area (Å²) in [7, 11) is 0. The van der Waals surface area contributed by atoms with Crippen molar-refractivity contribution in [1.29, 1.82) is 0 Å². The number of carbonyl (C=O) groups is 1. The van der Waals surface area contributed by atoms with Gasteiger partial charge < -0.3 is 16.0 Å². The zero-order valence-corrected chi connectivity index (χ0v) is 10.8. The summed E-state index contributed by atoms with van der Waals surface area (Å²) in [4.78, 5) is 11.4. The van der Waals surface area contributed by atoms with E-state index >= 15 is 0 Å². The molecule has 0 saturated carbocycles. The highest BCUT2D eigenvalue weighted by atomic mass is 16.1. The summed E-state index contributed by atoms with van der Waals surface area (Å²) in [6.07, 6.45) is 1.62. The fourth-order valence-electron chi connectivity index (χ4n) is 2.18. The van der Waals surface area contributed by atoms with Crippen molar-refractivity contribution in [3.05, 3.63) is 29.8 Å². The molecule has 1 atom stereocenters. The molecule has 0 bridgehead atoms. The summed E-state index contributed by atoms with van der Waals surface area (Å²) < 4.78 is 0. The number of rotatable bonds is 5. The van der Waals surface area contributed by atoms with Gasteiger partial charge >= 0.3 is 0 Å². The van der Waals surface area contributed by atoms with Crippen LogP contribution in [0.25, 0.3) is 0 Å². The van der Waals surface area contributed by atoms with Crippen LogP contribution in [0.4, 0.5) is 5.69 Å². The maximum absolute atomic E-state index is 11.4. The van der Waals surface area contributed by atoms with E-state index in [2.05, 4.69) is 16.0 Å². The maximum atomic E-state index is 11.4. The van der Waals surface area contributed by atoms with Crippen LogP contribution in [0.15, 0.2) is 24.3 Å². The Morgan fingerprint density at radius 1 is 1.39 bits per heavy atom. The first kappa shape index (κ1) is 12.9. The van der Waals surface area contributed by atoms with Crippen LogP contribution in [-0.2, 0) is 11.2 Å². The number of likely N-dealkylation sites (N-methyl/N-ethyl adjacent to an activating group) is 1. The third kappa shape index (κ3) is 3.74. The zero-order chi connectivity index (χ0) is 12.8. The minimum absolute atomic E-state index is 0.0817. The average Bonchev–Trinajstić information content (AvgIpc) is 2.85. The van der Waals surface area contributed by atoms with Crippen LogP contribution >= 0.6 is 0 Å². The van der Waals surface area contributed by atoms with Gasteiger partial charge in [-0.15, -0.1) is 0 Å². The van der Waals surface area contributed by atoms with E-state index in [0.29, 0.717) is 19.0 Å². The van der Waals surface area contributed by atoms with Crippen molar-refractivity contribution >= 4 is 11.6 Å². The van der Waals surface area contributed by atoms with Gasteiger partial charge in [-0.1, -0.05) is 12.1 Å². The fourth-order valence-corrected chi connectivity index (χ4v) is 2.18. The molecule has 1 saturated heterocycles. The summed E-state index contributed by atoms with van der Waals surface area (Å²) in [5, 5.41) is 9.62. The van der Waals surface area contributed by atoms with E-state index < -0.39 is 0 Å². The normalized spacial score (nSPS) is 18.6. The molecule has 98 valence electrons. The van der Waals surface area contributed by atoms with Crippen LogP contribution < -0.4 is 16.0 Å². The first-order chi connectivity index (χ1) is 8.78. The summed E-state index contributed by atoms with van der Waals surface area (Å²) in [5.41, 5.74) is 2.18. The molecule has 1 amide bonds. The third-order valence-corrected chi connectivity index (χ3v) is 3.12. The number of hydrogen-bond acceptors (Lipinski definition) is 3. The molecule has 3 N–H and O–H groups in total. The largest absolute Gasteiger partial charge is 0.381 e. The van der Waals surface area contributed by atoms with E-state index in [1.807, 2.05) is 31.2 Å². The molecule has 1 aromatic rings. The highest BCUT2D eigenvalue weighted by Crippen LogP contribution is 2.13. The quantitative estimate of drug-likeness (QED) is 0.731. The molecule has 1 aliphatic heterocycles. The molecule has 0 radical (unpaired) electrons. The summed E-state index contributed by atoms with van der Waals surface area (Å²) in [6, 6.07) is 8.65. The van der Waals surface area contributed by atoms with Crippen molar-refractivity contribution in [1.82, 2.24) is 10.6 Å². The standard InChI is InChI=1S/C14H21N3O/c1-2-16-14(18)9-11-3-5-12(6-4-11)17-13-7-8-15-10-13/h3-6,13,15,17H,2,7-10H2,1H3,(H,16,18). The van der Waals surface area contributed by atoms with E-state index in [9.17, 15) is 4.79 Å². The molecule has 1 aromatic carbocycles. The Kier molecular flexibility index (Phi) is 4.59. The second-order valence-electron chi connectivity index (χ2n) is 4.66. The van der Waals surface area contributed by atoms with E-state index in [4.69, 9.17) is 0 Å². The maximum Gasteiger partial charge on any atom is 0.224 e. The molecule has 0 spiro atoms. The van der Waals surface area contributed by atoms with Crippen molar-refractivity contribution in [2.24, 2.45) is 0 Å². The molecule has 1 aliphatic rings. The molecular formula is C14H21N3O. The Morgan fingerprint density at radius 2 is 2.17 bits per heavy atom. The van der Waals surface area contributed by atoms with Gasteiger partial charge in [-0.05, 0) is 37.6 Å². The van der Waals surface area contributed by atoms with E-state index in [-0.39, 0.29) is 5.91 Å². The smallest absolute Gasteiger partial charge is 0.224 e. The van der Waals surface area contributed by atoms with Crippen molar-refractivity contribution < 1.29 is 4.79 Å². The highest BCUT2D eigenvalue weighted by molar-refractivity contribution is 5.78. The molecule has 1 heterocycles. The number of hydrogen-bond donors (Lipinski definition) is 3. The lowest BCUT2D eigenvalue weighted by Crippen LogP contribution is -2.24. The van der Waals surface area contributed by atoms with Crippen molar-refractivity contribution in [3.63, 3.8) is 0 Å². The van der Waals surface area contributed by atoms with E-state index in [1.54, 1.807) is 0 Å². The van der Waals surface area contributed by atoms with Crippen LogP contribution in [0.5, 0.6) is 0 Å². The Hall–Kier alpha value is -1.55. The molecule has 1 fully saturated rings. The summed E-state index contributed by atoms with van der Waals surface area (Å²) in [5.74, 6) is 0.0817. The molecule has 0 aliphatic carbocycles. The van der Waals surface area contributed by atoms with E-state index in [0.717, 1.165) is 24.3 Å². The predicted molar refractivity (Wildman–Crippen MR) is 73.7 cm³/mol. The molecular weight excluding hydrogens is 226 g/mol. The van der Waals surface area contributed by atoms with Crippen LogP contribution in [0.3, 0.4) is 0 Å². The van der Waals surface area contributed by atoms with Gasteiger partial charge in [0.15, 0.2) is 0 Å². The Balaban J connectivity index is 1.86. The number of amides is 1. The molecule has 1 unspecified atom stereocenters. The van der Waals surface area contributed by atoms with Gasteiger partial charge in [0.25, 0.3) is 0 Å². The SMILES string of the molecule is CCNC(=O)Cc1ccc(NC2CCNC2)cc1. The van der Waals surface area contributed by atoms with Crippen LogP contribution in [0, 0.1) is 0 Å². The van der Waals surface area contributed by atoms with Gasteiger partial charge in [0.2, 0.25) is 5.91 Å². The Labute approximate surface area is 108 Å². The minimum atomic E-state index is 0.0817. The topological polar surface area (TPSA) is 53.2 Å². The van der Waals surface area contributed by atoms with Crippen molar-refractivity contribution in [2.75, 3.05) is 25.0 Å². The van der Waals surface area contributed by atoms with Crippen LogP contribution in [-0.4, -0.2) is 31.6 Å². The first-order valence-corrected chi connectivity index (χ1v) is 6.61. The van der Waals surface area contributed by atoms with Gasteiger partial charge in [0.05, 0.1) is 6.42 Å². The third-order valence-electron chi connectivity index (χ3n) is 3.12. The Bertz CT molecular complexity index is 383. The second kappa shape index (κ2) is 6.40. The van der Waals surface area contributed by atoms with Crippen LogP contribution in [0.2, 0.25) is 0 Å². The molecule has 4 nitrogen and oxygen atoms in total. The number of anilines is 1. The minimum Gasteiger partial charge on any atom is -0.381 e. The highest BCUT2D eigenvalue weighted by Gasteiger charge is 2.13. The zero-order valence-electron chi connectivity index (χ0n) is 10.8. The van der Waals surface area contributed by atoms with Crippen molar-refractivity contribution in [3.8, 4) is 0 Å². The molecule has 0 aromatic heterocycles. The first-order valence-electron chi connectivity index (χ1n) is 6.61. The average molecular weight is 247 g/mol. The number of carbonyl (C=O) groups excluding carboxylic acids is 1. The fraction of sp³-hybridized carbons (Fsp3) is 0.500. The summed E-state index contributed by atoms with van der Waals surface area (Å²) in [6.45, 7) is 4.74. The van der Waals surface area contributed by atoms with E-state index in [1.165, 1.54) is 6.42 Å². The lowest BCUT2D eigenvalue weighted by molar-refractivity contribution is -0.120. The van der Waals surface area contributed by atoms with Crippen LogP contribution in [0.1, 0.15) is 18.9 Å². The number of nitrogens with one attached hydrogen (secondary N) is 3.